The van der Waals surface area contributed by atoms with Crippen molar-refractivity contribution in [2.45, 2.75) is 12.1 Å². The summed E-state index contributed by atoms with van der Waals surface area (Å²) in [6.07, 6.45) is -6.54. The molecule has 0 aliphatic carbocycles. The van der Waals surface area contributed by atoms with Gasteiger partial charge in [0.1, 0.15) is 0 Å². The highest BCUT2D eigenvalue weighted by atomic mass is 31.0. The molecule has 0 aliphatic rings. The molecule has 0 rings (SSSR count). The van der Waals surface area contributed by atoms with Crippen LogP contribution in [0.3, 0.4) is 0 Å². The second kappa shape index (κ2) is 3.01. The Morgan fingerprint density at radius 1 is 1.09 bits per heavy atom. The Hall–Kier alpha value is -0.250. The lowest BCUT2D eigenvalue weighted by molar-refractivity contribution is -0.261. The summed E-state index contributed by atoms with van der Waals surface area (Å²) in [6, 6.07) is 0. The second-order valence-electron chi connectivity index (χ2n) is 1.64. The van der Waals surface area contributed by atoms with E-state index in [2.05, 4.69) is 0 Å². The quantitative estimate of drug-likeness (QED) is 0.446. The minimum atomic E-state index is -5.74. The Bertz CT molecular complexity index is 168. The van der Waals surface area contributed by atoms with Crippen LogP contribution in [0.25, 0.3) is 0 Å². The van der Waals surface area contributed by atoms with Crippen LogP contribution in [0.1, 0.15) is 0 Å². The molecule has 0 amide bonds. The predicted molar refractivity (Wildman–Crippen MR) is 29.9 cm³/mol. The van der Waals surface area contributed by atoms with E-state index in [0.29, 0.717) is 0 Å². The van der Waals surface area contributed by atoms with Gasteiger partial charge in [0.2, 0.25) is 0 Å². The summed E-state index contributed by atoms with van der Waals surface area (Å²) in [5.74, 6) is -5.10. The molecule has 0 N–H and O–H groups in total. The highest BCUT2D eigenvalue weighted by Gasteiger charge is 2.59. The maximum Gasteiger partial charge on any atom is 0.458 e. The normalized spacial score (nSPS) is 15.4. The average molecular weight is 196 g/mol. The summed E-state index contributed by atoms with van der Waals surface area (Å²) in [5, 5.41) is -1.73. The highest BCUT2D eigenvalue weighted by Crippen LogP contribution is 2.43. The second-order valence-corrected chi connectivity index (χ2v) is 2.26. The summed E-state index contributed by atoms with van der Waals surface area (Å²) in [6.45, 7) is 0. The molecule has 0 nitrogen and oxygen atoms in total. The smallest absolute Gasteiger partial charge is 0.215 e. The molecule has 1 atom stereocenters. The maximum absolute atomic E-state index is 11.9. The van der Waals surface area contributed by atoms with E-state index in [1.807, 2.05) is 0 Å². The van der Waals surface area contributed by atoms with Crippen LogP contribution >= 0.6 is 9.24 Å². The first-order chi connectivity index (χ1) is 4.73. The molecule has 7 heteroatoms. The van der Waals surface area contributed by atoms with Gasteiger partial charge < -0.3 is 0 Å². The van der Waals surface area contributed by atoms with Crippen molar-refractivity contribution in [2.75, 3.05) is 0 Å². The summed E-state index contributed by atoms with van der Waals surface area (Å²) in [7, 11) is 0.983. The molecule has 0 aromatic heterocycles. The Labute approximate surface area is 60.5 Å². The van der Waals surface area contributed by atoms with E-state index in [0.717, 1.165) is 9.24 Å². The fourth-order valence-corrected chi connectivity index (χ4v) is 0.396. The Balaban J connectivity index is 4.74. The molecule has 11 heavy (non-hydrogen) atoms. The minimum Gasteiger partial charge on any atom is -0.215 e. The first kappa shape index (κ1) is 10.8. The number of rotatable bonds is 1. The van der Waals surface area contributed by atoms with Crippen molar-refractivity contribution in [3.05, 3.63) is 11.6 Å². The van der Waals surface area contributed by atoms with Gasteiger partial charge in [-0.05, 0) is 0 Å². The zero-order valence-electron chi connectivity index (χ0n) is 4.92. The number of halogens is 6. The van der Waals surface area contributed by atoms with Crippen LogP contribution in [0.15, 0.2) is 11.6 Å². The van der Waals surface area contributed by atoms with Crippen LogP contribution in [0.5, 0.6) is 0 Å². The SMILES string of the molecule is F/C=C(\P)C(F)(F)C(F)(F)F. The third kappa shape index (κ3) is 2.09. The molecule has 0 fully saturated rings. The average Bonchev–Trinajstić information content (AvgIpc) is 1.83. The Kier molecular flexibility index (Phi) is 2.94. The summed E-state index contributed by atoms with van der Waals surface area (Å²) >= 11 is 0. The molecule has 0 saturated heterocycles. The molecule has 0 aliphatic heterocycles. The van der Waals surface area contributed by atoms with Crippen LogP contribution in [0.4, 0.5) is 26.3 Å². The first-order valence-corrected chi connectivity index (χ1v) is 2.82. The first-order valence-electron chi connectivity index (χ1n) is 2.24. The van der Waals surface area contributed by atoms with Crippen LogP contribution in [-0.4, -0.2) is 12.1 Å². The Morgan fingerprint density at radius 2 is 1.45 bits per heavy atom. The fraction of sp³-hybridized carbons (Fsp3) is 0.500. The van der Waals surface area contributed by atoms with Crippen molar-refractivity contribution in [2.24, 2.45) is 0 Å². The number of hydrogen-bond donors (Lipinski definition) is 0. The van der Waals surface area contributed by atoms with E-state index in [-0.39, 0.29) is 0 Å². The van der Waals surface area contributed by atoms with Crippen molar-refractivity contribution in [3.63, 3.8) is 0 Å². The molecule has 66 valence electrons. The van der Waals surface area contributed by atoms with Crippen LogP contribution in [-0.2, 0) is 0 Å². The third-order valence-corrected chi connectivity index (χ3v) is 1.32. The van der Waals surface area contributed by atoms with E-state index >= 15 is 0 Å². The molecule has 0 heterocycles. The van der Waals surface area contributed by atoms with Gasteiger partial charge in [-0.25, -0.2) is 4.39 Å². The molecule has 0 spiro atoms. The molecule has 0 aromatic rings. The van der Waals surface area contributed by atoms with Gasteiger partial charge in [0.15, 0.2) is 0 Å². The lowest BCUT2D eigenvalue weighted by Gasteiger charge is -2.18. The number of alkyl halides is 5. The third-order valence-electron chi connectivity index (χ3n) is 0.836. The van der Waals surface area contributed by atoms with E-state index in [1.165, 1.54) is 0 Å². The van der Waals surface area contributed by atoms with Gasteiger partial charge in [-0.15, -0.1) is 9.24 Å². The molecular weight excluding hydrogens is 193 g/mol. The van der Waals surface area contributed by atoms with Crippen molar-refractivity contribution in [1.82, 2.24) is 0 Å². The van der Waals surface area contributed by atoms with Gasteiger partial charge in [-0.3, -0.25) is 0 Å². The van der Waals surface area contributed by atoms with Crippen molar-refractivity contribution in [3.8, 4) is 0 Å². The largest absolute Gasteiger partial charge is 0.458 e. The molecule has 0 saturated carbocycles. The number of allylic oxidation sites excluding steroid dienone is 1. The van der Waals surface area contributed by atoms with Crippen LogP contribution < -0.4 is 0 Å². The van der Waals surface area contributed by atoms with Crippen LogP contribution in [0, 0.1) is 0 Å². The summed E-state index contributed by atoms with van der Waals surface area (Å²) in [5.41, 5.74) is 0. The van der Waals surface area contributed by atoms with Gasteiger partial charge in [0.25, 0.3) is 0 Å². The van der Waals surface area contributed by atoms with Crippen LogP contribution in [0.2, 0.25) is 0 Å². The standard InChI is InChI=1S/C4H3F6P/c5-1-2(11)3(6,7)4(8,9)10/h1H,11H2/b2-1-. The van der Waals surface area contributed by atoms with E-state index < -0.39 is 23.7 Å². The van der Waals surface area contributed by atoms with E-state index in [1.54, 1.807) is 0 Å². The lowest BCUT2D eigenvalue weighted by Crippen LogP contribution is -2.36. The van der Waals surface area contributed by atoms with Crippen molar-refractivity contribution >= 4 is 9.24 Å². The molecule has 1 unspecified atom stereocenters. The summed E-state index contributed by atoms with van der Waals surface area (Å²) < 4.78 is 68.9. The molecular formula is C4H3F6P. The van der Waals surface area contributed by atoms with E-state index in [9.17, 15) is 26.3 Å². The van der Waals surface area contributed by atoms with Gasteiger partial charge in [-0.2, -0.15) is 22.0 Å². The summed E-state index contributed by atoms with van der Waals surface area (Å²) in [4.78, 5) is 0. The molecule has 0 bridgehead atoms. The zero-order chi connectivity index (χ0) is 9.28. The van der Waals surface area contributed by atoms with Gasteiger partial charge in [-0.1, -0.05) is 0 Å². The highest BCUT2D eigenvalue weighted by molar-refractivity contribution is 7.22. The van der Waals surface area contributed by atoms with Crippen molar-refractivity contribution < 1.29 is 26.3 Å². The Morgan fingerprint density at radius 3 is 1.55 bits per heavy atom. The fourth-order valence-electron chi connectivity index (χ4n) is 0.232. The minimum absolute atomic E-state index is 0.793. The maximum atomic E-state index is 11.9. The molecule has 0 aromatic carbocycles. The number of hydrogen-bond acceptors (Lipinski definition) is 0. The van der Waals surface area contributed by atoms with Gasteiger partial charge in [0, 0.05) is 0 Å². The predicted octanol–water partition coefficient (Wildman–Crippen LogP) is 2.87. The zero-order valence-corrected chi connectivity index (χ0v) is 6.08. The molecule has 0 radical (unpaired) electrons. The van der Waals surface area contributed by atoms with Gasteiger partial charge >= 0.3 is 12.1 Å². The van der Waals surface area contributed by atoms with Crippen molar-refractivity contribution in [1.29, 1.82) is 0 Å². The monoisotopic (exact) mass is 196 g/mol. The van der Waals surface area contributed by atoms with E-state index in [4.69, 9.17) is 0 Å². The van der Waals surface area contributed by atoms with Gasteiger partial charge in [0.05, 0.1) is 11.6 Å². The lowest BCUT2D eigenvalue weighted by atomic mass is 10.3. The topological polar surface area (TPSA) is 0 Å².